The third kappa shape index (κ3) is 2.29. The highest BCUT2D eigenvalue weighted by atomic mass is 16.5. The number of carbonyl (C=O) groups excluding carboxylic acids is 1. The molecule has 2 nitrogen and oxygen atoms in total. The molecule has 96 valence electrons. The Morgan fingerprint density at radius 2 is 1.94 bits per heavy atom. The van der Waals surface area contributed by atoms with E-state index in [2.05, 4.69) is 0 Å². The van der Waals surface area contributed by atoms with Crippen LogP contribution in [0.15, 0.2) is 18.2 Å². The molecule has 0 spiro atoms. The van der Waals surface area contributed by atoms with Gasteiger partial charge in [-0.2, -0.15) is 0 Å². The summed E-state index contributed by atoms with van der Waals surface area (Å²) >= 11 is 0. The Bertz CT molecular complexity index is 433. The fourth-order valence-electron chi connectivity index (χ4n) is 3.34. The van der Waals surface area contributed by atoms with E-state index in [0.29, 0.717) is 6.10 Å². The SMILES string of the molecule is O=Cc1ccc2c(c1)CC[C@@H](C1CCCCC1)O2. The van der Waals surface area contributed by atoms with Crippen LogP contribution in [0.1, 0.15) is 54.4 Å². The van der Waals surface area contributed by atoms with Gasteiger partial charge in [0, 0.05) is 5.56 Å². The first-order chi connectivity index (χ1) is 8.86. The molecule has 1 atom stereocenters. The fraction of sp³-hybridized carbons (Fsp3) is 0.562. The van der Waals surface area contributed by atoms with Crippen LogP contribution in [0.5, 0.6) is 5.75 Å². The lowest BCUT2D eigenvalue weighted by atomic mass is 9.82. The van der Waals surface area contributed by atoms with Gasteiger partial charge in [0.25, 0.3) is 0 Å². The number of benzene rings is 1. The van der Waals surface area contributed by atoms with Gasteiger partial charge in [-0.05, 0) is 55.4 Å². The van der Waals surface area contributed by atoms with E-state index in [1.54, 1.807) is 0 Å². The first-order valence-corrected chi connectivity index (χ1v) is 7.11. The maximum absolute atomic E-state index is 10.8. The van der Waals surface area contributed by atoms with Gasteiger partial charge in [-0.25, -0.2) is 0 Å². The molecule has 0 aromatic heterocycles. The second-order valence-corrected chi connectivity index (χ2v) is 5.58. The second-order valence-electron chi connectivity index (χ2n) is 5.58. The van der Waals surface area contributed by atoms with Gasteiger partial charge in [-0.1, -0.05) is 19.3 Å². The highest BCUT2D eigenvalue weighted by Crippen LogP contribution is 2.36. The van der Waals surface area contributed by atoms with Crippen molar-refractivity contribution >= 4 is 6.29 Å². The largest absolute Gasteiger partial charge is 0.490 e. The molecule has 2 aliphatic rings. The van der Waals surface area contributed by atoms with E-state index in [1.165, 1.54) is 37.7 Å². The number of ether oxygens (including phenoxy) is 1. The standard InChI is InChI=1S/C16H20O2/c17-11-12-6-8-16-14(10-12)7-9-15(18-16)13-4-2-1-3-5-13/h6,8,10-11,13,15H,1-5,7,9H2/t15-/m0/s1. The lowest BCUT2D eigenvalue weighted by Crippen LogP contribution is -2.32. The summed E-state index contributed by atoms with van der Waals surface area (Å²) in [6, 6.07) is 5.79. The molecule has 1 saturated carbocycles. The zero-order chi connectivity index (χ0) is 12.4. The van der Waals surface area contributed by atoms with Crippen molar-refractivity contribution in [2.24, 2.45) is 5.92 Å². The molecule has 1 aliphatic heterocycles. The molecule has 0 N–H and O–H groups in total. The summed E-state index contributed by atoms with van der Waals surface area (Å²) in [4.78, 5) is 10.8. The van der Waals surface area contributed by atoms with E-state index in [4.69, 9.17) is 4.74 Å². The summed E-state index contributed by atoms with van der Waals surface area (Å²) in [6.07, 6.45) is 10.2. The number of carbonyl (C=O) groups is 1. The van der Waals surface area contributed by atoms with Gasteiger partial charge >= 0.3 is 0 Å². The Balaban J connectivity index is 1.74. The number of hydrogen-bond donors (Lipinski definition) is 0. The van der Waals surface area contributed by atoms with E-state index < -0.39 is 0 Å². The van der Waals surface area contributed by atoms with Crippen molar-refractivity contribution < 1.29 is 9.53 Å². The molecule has 1 aliphatic carbocycles. The van der Waals surface area contributed by atoms with Gasteiger partial charge in [0.1, 0.15) is 18.1 Å². The van der Waals surface area contributed by atoms with Crippen molar-refractivity contribution in [1.29, 1.82) is 0 Å². The van der Waals surface area contributed by atoms with Crippen LogP contribution in [0, 0.1) is 5.92 Å². The summed E-state index contributed by atoms with van der Waals surface area (Å²) in [5.41, 5.74) is 1.96. The molecule has 1 fully saturated rings. The van der Waals surface area contributed by atoms with Crippen LogP contribution < -0.4 is 4.74 Å². The highest BCUT2D eigenvalue weighted by Gasteiger charge is 2.28. The first-order valence-electron chi connectivity index (χ1n) is 7.11. The number of aryl methyl sites for hydroxylation is 1. The van der Waals surface area contributed by atoms with Gasteiger partial charge in [0.15, 0.2) is 0 Å². The molecular formula is C16H20O2. The van der Waals surface area contributed by atoms with Gasteiger partial charge in [-0.15, -0.1) is 0 Å². The van der Waals surface area contributed by atoms with Crippen LogP contribution in [0.3, 0.4) is 0 Å². The quantitative estimate of drug-likeness (QED) is 0.740. The van der Waals surface area contributed by atoms with Crippen LogP contribution in [0.25, 0.3) is 0 Å². The minimum absolute atomic E-state index is 0.403. The molecule has 1 aromatic rings. The van der Waals surface area contributed by atoms with E-state index in [9.17, 15) is 4.79 Å². The smallest absolute Gasteiger partial charge is 0.150 e. The van der Waals surface area contributed by atoms with Crippen molar-refractivity contribution in [2.75, 3.05) is 0 Å². The van der Waals surface area contributed by atoms with Crippen LogP contribution in [0.4, 0.5) is 0 Å². The number of hydrogen-bond acceptors (Lipinski definition) is 2. The number of aldehydes is 1. The third-order valence-electron chi connectivity index (χ3n) is 4.37. The van der Waals surface area contributed by atoms with E-state index in [-0.39, 0.29) is 0 Å². The van der Waals surface area contributed by atoms with Crippen LogP contribution in [-0.4, -0.2) is 12.4 Å². The van der Waals surface area contributed by atoms with Crippen LogP contribution >= 0.6 is 0 Å². The first kappa shape index (κ1) is 11.8. The average molecular weight is 244 g/mol. The van der Waals surface area contributed by atoms with Crippen molar-refractivity contribution in [3.05, 3.63) is 29.3 Å². The molecule has 3 rings (SSSR count). The zero-order valence-electron chi connectivity index (χ0n) is 10.7. The second kappa shape index (κ2) is 5.13. The van der Waals surface area contributed by atoms with Crippen molar-refractivity contribution in [1.82, 2.24) is 0 Å². The maximum Gasteiger partial charge on any atom is 0.150 e. The molecule has 0 bridgehead atoms. The molecular weight excluding hydrogens is 224 g/mol. The predicted octanol–water partition coefficient (Wildman–Crippen LogP) is 3.77. The van der Waals surface area contributed by atoms with Crippen molar-refractivity contribution in [3.8, 4) is 5.75 Å². The van der Waals surface area contributed by atoms with Gasteiger partial charge in [-0.3, -0.25) is 4.79 Å². The highest BCUT2D eigenvalue weighted by molar-refractivity contribution is 5.75. The zero-order valence-corrected chi connectivity index (χ0v) is 10.7. The molecule has 0 amide bonds. The van der Waals surface area contributed by atoms with Crippen LogP contribution in [0.2, 0.25) is 0 Å². The maximum atomic E-state index is 10.8. The lowest BCUT2D eigenvalue weighted by molar-refractivity contribution is 0.0879. The Kier molecular flexibility index (Phi) is 3.35. The van der Waals surface area contributed by atoms with Crippen LogP contribution in [-0.2, 0) is 6.42 Å². The molecule has 2 heteroatoms. The summed E-state index contributed by atoms with van der Waals surface area (Å²) in [7, 11) is 0. The average Bonchev–Trinajstić information content (AvgIpc) is 2.47. The summed E-state index contributed by atoms with van der Waals surface area (Å²) in [5, 5.41) is 0. The topological polar surface area (TPSA) is 26.3 Å². The molecule has 0 radical (unpaired) electrons. The molecule has 0 unspecified atom stereocenters. The minimum atomic E-state index is 0.403. The van der Waals surface area contributed by atoms with Gasteiger partial charge in [0.05, 0.1) is 0 Å². The molecule has 1 heterocycles. The fourth-order valence-corrected chi connectivity index (χ4v) is 3.34. The Labute approximate surface area is 108 Å². The summed E-state index contributed by atoms with van der Waals surface area (Å²) < 4.78 is 6.15. The van der Waals surface area contributed by atoms with E-state index in [1.807, 2.05) is 18.2 Å². The molecule has 1 aromatic carbocycles. The van der Waals surface area contributed by atoms with E-state index in [0.717, 1.165) is 36.4 Å². The Hall–Kier alpha value is -1.31. The van der Waals surface area contributed by atoms with Gasteiger partial charge < -0.3 is 4.74 Å². The minimum Gasteiger partial charge on any atom is -0.490 e. The number of rotatable bonds is 2. The predicted molar refractivity (Wildman–Crippen MR) is 71.1 cm³/mol. The third-order valence-corrected chi connectivity index (χ3v) is 4.37. The molecule has 18 heavy (non-hydrogen) atoms. The number of fused-ring (bicyclic) bond motifs is 1. The van der Waals surface area contributed by atoms with Crippen molar-refractivity contribution in [3.63, 3.8) is 0 Å². The normalized spacial score (nSPS) is 24.1. The van der Waals surface area contributed by atoms with Crippen molar-refractivity contribution in [2.45, 2.75) is 51.0 Å². The van der Waals surface area contributed by atoms with Gasteiger partial charge in [0.2, 0.25) is 0 Å². The molecule has 0 saturated heterocycles. The lowest BCUT2D eigenvalue weighted by Gasteiger charge is -2.34. The summed E-state index contributed by atoms with van der Waals surface area (Å²) in [6.45, 7) is 0. The summed E-state index contributed by atoms with van der Waals surface area (Å²) in [5.74, 6) is 1.75. The monoisotopic (exact) mass is 244 g/mol. The Morgan fingerprint density at radius 1 is 1.11 bits per heavy atom. The van der Waals surface area contributed by atoms with E-state index >= 15 is 0 Å². The Morgan fingerprint density at radius 3 is 2.72 bits per heavy atom.